The summed E-state index contributed by atoms with van der Waals surface area (Å²) in [5, 5.41) is 24.1. The largest absolute Gasteiger partial charge is 0.387 e. The molecule has 4 heterocycles. The molecule has 0 bridgehead atoms. The maximum Gasteiger partial charge on any atom is 0.167 e. The third-order valence-corrected chi connectivity index (χ3v) is 5.00. The highest BCUT2D eigenvalue weighted by Gasteiger charge is 2.44. The number of aliphatic hydroxyl groups is 2. The molecule has 3 N–H and O–H groups in total. The molecule has 0 radical (unpaired) electrons. The molecule has 0 unspecified atom stereocenters. The Hall–Kier alpha value is -2.29. The van der Waals surface area contributed by atoms with E-state index in [9.17, 15) is 10.2 Å². The lowest BCUT2D eigenvalue weighted by Gasteiger charge is -2.23. The Bertz CT molecular complexity index is 846. The van der Waals surface area contributed by atoms with Gasteiger partial charge in [0.1, 0.15) is 31.2 Å². The van der Waals surface area contributed by atoms with Crippen LogP contribution in [0.1, 0.15) is 19.1 Å². The van der Waals surface area contributed by atoms with E-state index in [4.69, 9.17) is 20.6 Å². The molecular formula is C18H23N5O5. The van der Waals surface area contributed by atoms with Crippen molar-refractivity contribution in [3.63, 3.8) is 0 Å². The second-order valence-corrected chi connectivity index (χ2v) is 6.84. The van der Waals surface area contributed by atoms with E-state index in [0.29, 0.717) is 30.2 Å². The summed E-state index contributed by atoms with van der Waals surface area (Å²) in [6.07, 6.45) is 6.10. The second kappa shape index (κ2) is 8.38. The molecule has 0 aromatic carbocycles. The molecule has 2 aliphatic rings. The maximum absolute atomic E-state index is 10.5. The number of fused-ring (bicyclic) bond motifs is 1. The van der Waals surface area contributed by atoms with Crippen LogP contribution in [-0.2, 0) is 14.2 Å². The van der Waals surface area contributed by atoms with Gasteiger partial charge in [0.05, 0.1) is 12.9 Å². The van der Waals surface area contributed by atoms with Crippen molar-refractivity contribution in [3.05, 3.63) is 12.7 Å². The number of ether oxygens (including phenoxy) is 3. The Morgan fingerprint density at radius 3 is 2.86 bits per heavy atom. The number of nitrogens with zero attached hydrogens (tertiary/aromatic N) is 4. The maximum atomic E-state index is 10.5. The van der Waals surface area contributed by atoms with E-state index in [1.807, 2.05) is 0 Å². The topological polar surface area (TPSA) is 124 Å². The standard InChI is InChI=1S/C18H23N5O5/c1-2-5-27-8-12-14(24)15(25)18(28-12)23-10-21-13-16(19-9-20-17(13)23)22-11-3-6-26-7-4-11/h1,9-12,14-15,18,24-25H,3-8H2,(H,19,20,22)/t12-,14-,15-,18-/m1/s1. The van der Waals surface area contributed by atoms with E-state index >= 15 is 0 Å². The molecule has 2 aliphatic heterocycles. The highest BCUT2D eigenvalue weighted by atomic mass is 16.6. The molecule has 4 atom stereocenters. The summed E-state index contributed by atoms with van der Waals surface area (Å²) >= 11 is 0. The number of imidazole rings is 1. The van der Waals surface area contributed by atoms with Crippen molar-refractivity contribution in [1.29, 1.82) is 0 Å². The van der Waals surface area contributed by atoms with E-state index in [0.717, 1.165) is 12.8 Å². The van der Waals surface area contributed by atoms with Gasteiger partial charge in [0, 0.05) is 19.3 Å². The van der Waals surface area contributed by atoms with Crippen molar-refractivity contribution in [3.8, 4) is 12.3 Å². The van der Waals surface area contributed by atoms with Gasteiger partial charge < -0.3 is 29.7 Å². The number of aromatic nitrogens is 4. The number of rotatable bonds is 6. The fourth-order valence-electron chi connectivity index (χ4n) is 3.51. The van der Waals surface area contributed by atoms with Crippen LogP contribution in [0.3, 0.4) is 0 Å². The smallest absolute Gasteiger partial charge is 0.167 e. The first-order chi connectivity index (χ1) is 13.7. The first-order valence-corrected chi connectivity index (χ1v) is 9.23. The van der Waals surface area contributed by atoms with E-state index in [1.165, 1.54) is 12.7 Å². The van der Waals surface area contributed by atoms with E-state index < -0.39 is 24.5 Å². The zero-order valence-corrected chi connectivity index (χ0v) is 15.3. The normalized spacial score (nSPS) is 28.5. The predicted molar refractivity (Wildman–Crippen MR) is 98.4 cm³/mol. The molecule has 2 saturated heterocycles. The van der Waals surface area contributed by atoms with Crippen LogP contribution in [0, 0.1) is 12.3 Å². The number of nitrogens with one attached hydrogen (secondary N) is 1. The van der Waals surface area contributed by atoms with Crippen LogP contribution in [-0.4, -0.2) is 80.5 Å². The van der Waals surface area contributed by atoms with Gasteiger partial charge in [-0.25, -0.2) is 15.0 Å². The number of hydrogen-bond acceptors (Lipinski definition) is 9. The van der Waals surface area contributed by atoms with Crippen LogP contribution in [0.25, 0.3) is 11.2 Å². The summed E-state index contributed by atoms with van der Waals surface area (Å²) in [5.74, 6) is 2.97. The van der Waals surface area contributed by atoms with Gasteiger partial charge in [0.2, 0.25) is 0 Å². The lowest BCUT2D eigenvalue weighted by molar-refractivity contribution is -0.0615. The van der Waals surface area contributed by atoms with Gasteiger partial charge in [-0.1, -0.05) is 5.92 Å². The molecule has 2 aromatic rings. The highest BCUT2D eigenvalue weighted by Crippen LogP contribution is 2.32. The fraction of sp³-hybridized carbons (Fsp3) is 0.611. The van der Waals surface area contributed by atoms with Gasteiger partial charge in [0.15, 0.2) is 23.2 Å². The molecule has 0 spiro atoms. The molecule has 2 aromatic heterocycles. The first kappa shape index (κ1) is 19.0. The molecule has 0 aliphatic carbocycles. The van der Waals surface area contributed by atoms with Gasteiger partial charge >= 0.3 is 0 Å². The Balaban J connectivity index is 1.54. The summed E-state index contributed by atoms with van der Waals surface area (Å²) in [7, 11) is 0. The van der Waals surface area contributed by atoms with Crippen LogP contribution < -0.4 is 5.32 Å². The first-order valence-electron chi connectivity index (χ1n) is 9.23. The number of aliphatic hydroxyl groups excluding tert-OH is 2. The van der Waals surface area contributed by atoms with Crippen molar-refractivity contribution < 1.29 is 24.4 Å². The third kappa shape index (κ3) is 3.67. The van der Waals surface area contributed by atoms with E-state index in [-0.39, 0.29) is 19.3 Å². The average Bonchev–Trinajstić information content (AvgIpc) is 3.26. The molecule has 150 valence electrons. The fourth-order valence-corrected chi connectivity index (χ4v) is 3.51. The molecular weight excluding hydrogens is 366 g/mol. The molecule has 0 saturated carbocycles. The number of anilines is 1. The SMILES string of the molecule is C#CCOC[C@H]1O[C@@H](n2cnc3c(NC4CCOCC4)ncnc32)[C@H](O)[C@@H]1O. The zero-order valence-electron chi connectivity index (χ0n) is 15.3. The van der Waals surface area contributed by atoms with Crippen LogP contribution in [0.2, 0.25) is 0 Å². The molecule has 0 amide bonds. The van der Waals surface area contributed by atoms with E-state index in [2.05, 4.69) is 26.2 Å². The number of hydrogen-bond donors (Lipinski definition) is 3. The lowest BCUT2D eigenvalue weighted by atomic mass is 10.1. The summed E-state index contributed by atoms with van der Waals surface area (Å²) < 4.78 is 18.0. The summed E-state index contributed by atoms with van der Waals surface area (Å²) in [5.41, 5.74) is 1.08. The number of terminal acetylenes is 1. The van der Waals surface area contributed by atoms with Crippen molar-refractivity contribution in [2.24, 2.45) is 0 Å². The minimum Gasteiger partial charge on any atom is -0.387 e. The Morgan fingerprint density at radius 1 is 1.25 bits per heavy atom. The third-order valence-electron chi connectivity index (χ3n) is 5.00. The molecule has 28 heavy (non-hydrogen) atoms. The van der Waals surface area contributed by atoms with Gasteiger partial charge in [0.25, 0.3) is 0 Å². The van der Waals surface area contributed by atoms with Crippen molar-refractivity contribution >= 4 is 17.0 Å². The van der Waals surface area contributed by atoms with Crippen LogP contribution in [0.5, 0.6) is 0 Å². The summed E-state index contributed by atoms with van der Waals surface area (Å²) in [6, 6.07) is 0.254. The monoisotopic (exact) mass is 389 g/mol. The van der Waals surface area contributed by atoms with Crippen LogP contribution in [0.15, 0.2) is 12.7 Å². The van der Waals surface area contributed by atoms with Crippen molar-refractivity contribution in [2.75, 3.05) is 31.7 Å². The Kier molecular flexibility index (Phi) is 5.70. The van der Waals surface area contributed by atoms with Gasteiger partial charge in [-0.3, -0.25) is 4.57 Å². The van der Waals surface area contributed by atoms with Gasteiger partial charge in [-0.2, -0.15) is 0 Å². The minimum atomic E-state index is -1.15. The van der Waals surface area contributed by atoms with Gasteiger partial charge in [-0.15, -0.1) is 6.42 Å². The minimum absolute atomic E-state index is 0.0805. The molecule has 4 rings (SSSR count). The Morgan fingerprint density at radius 2 is 2.07 bits per heavy atom. The van der Waals surface area contributed by atoms with Crippen molar-refractivity contribution in [1.82, 2.24) is 19.5 Å². The van der Waals surface area contributed by atoms with Gasteiger partial charge in [-0.05, 0) is 12.8 Å². The Labute approximate surface area is 161 Å². The molecule has 2 fully saturated rings. The molecule has 10 nitrogen and oxygen atoms in total. The average molecular weight is 389 g/mol. The highest BCUT2D eigenvalue weighted by molar-refractivity contribution is 5.82. The zero-order chi connectivity index (χ0) is 19.5. The summed E-state index contributed by atoms with van der Waals surface area (Å²) in [4.78, 5) is 13.0. The quantitative estimate of drug-likeness (QED) is 0.451. The van der Waals surface area contributed by atoms with Crippen molar-refractivity contribution in [2.45, 2.75) is 43.4 Å². The lowest BCUT2D eigenvalue weighted by Crippen LogP contribution is -2.33. The predicted octanol–water partition coefficient (Wildman–Crippen LogP) is -0.314. The van der Waals surface area contributed by atoms with Crippen LogP contribution in [0.4, 0.5) is 5.82 Å². The molecule has 10 heteroatoms. The summed E-state index contributed by atoms with van der Waals surface area (Å²) in [6.45, 7) is 1.61. The van der Waals surface area contributed by atoms with Crippen LogP contribution >= 0.6 is 0 Å². The second-order valence-electron chi connectivity index (χ2n) is 6.84. The van der Waals surface area contributed by atoms with E-state index in [1.54, 1.807) is 4.57 Å².